The molecule has 3 N–H and O–H groups in total. The molecule has 112 valence electrons. The number of nitrogen functional groups attached to an aromatic ring is 1. The number of anilines is 3. The number of amides is 1. The first-order valence-electron chi connectivity index (χ1n) is 6.76. The van der Waals surface area contributed by atoms with Gasteiger partial charge in [0, 0.05) is 18.8 Å². The molecule has 0 fully saturated rings. The third-order valence-electron chi connectivity index (χ3n) is 2.95. The molecule has 1 amide bonds. The van der Waals surface area contributed by atoms with Crippen LogP contribution in [0.2, 0.25) is 0 Å². The molecule has 0 aliphatic carbocycles. The van der Waals surface area contributed by atoms with Gasteiger partial charge in [-0.2, -0.15) is 0 Å². The van der Waals surface area contributed by atoms with Gasteiger partial charge in [0.2, 0.25) is 0 Å². The zero-order valence-corrected chi connectivity index (χ0v) is 13.5. The fourth-order valence-electron chi connectivity index (χ4n) is 1.90. The molecule has 2 rings (SSSR count). The summed E-state index contributed by atoms with van der Waals surface area (Å²) in [5.74, 6) is 0.125. The van der Waals surface area contributed by atoms with Gasteiger partial charge in [-0.15, -0.1) is 0 Å². The van der Waals surface area contributed by atoms with Gasteiger partial charge in [0.1, 0.15) is 10.7 Å². The largest absolute Gasteiger partial charge is 0.382 e. The molecule has 0 radical (unpaired) electrons. The van der Waals surface area contributed by atoms with E-state index < -0.39 is 0 Å². The van der Waals surface area contributed by atoms with E-state index in [1.54, 1.807) is 11.9 Å². The second-order valence-corrected chi connectivity index (χ2v) is 6.23. The van der Waals surface area contributed by atoms with Crippen LogP contribution in [0.25, 0.3) is 0 Å². The maximum atomic E-state index is 12.6. The maximum Gasteiger partial charge on any atom is 0.272 e. The number of thiazole rings is 1. The molecule has 1 aromatic heterocycles. The number of nitrogens with zero attached hydrogens (tertiary/aromatic N) is 2. The molecular weight excluding hydrogens is 284 g/mol. The molecule has 6 heteroatoms. The Balaban J connectivity index is 2.25. The third-order valence-corrected chi connectivity index (χ3v) is 3.94. The molecule has 0 unspecified atom stereocenters. The van der Waals surface area contributed by atoms with Crippen LogP contribution >= 0.6 is 11.3 Å². The summed E-state index contributed by atoms with van der Waals surface area (Å²) in [5, 5.41) is 3.84. The predicted octanol–water partition coefficient (Wildman–Crippen LogP) is 3.13. The van der Waals surface area contributed by atoms with Crippen molar-refractivity contribution in [2.24, 2.45) is 0 Å². The van der Waals surface area contributed by atoms with Crippen LogP contribution in [-0.2, 0) is 0 Å². The lowest BCUT2D eigenvalue weighted by atomic mass is 10.2. The molecule has 0 spiro atoms. The van der Waals surface area contributed by atoms with Crippen LogP contribution in [0.3, 0.4) is 0 Å². The highest BCUT2D eigenvalue weighted by atomic mass is 32.1. The van der Waals surface area contributed by atoms with Crippen molar-refractivity contribution >= 4 is 33.9 Å². The Morgan fingerprint density at radius 2 is 2.14 bits per heavy atom. The van der Waals surface area contributed by atoms with Crippen molar-refractivity contribution in [1.29, 1.82) is 0 Å². The Hall–Kier alpha value is -2.08. The topological polar surface area (TPSA) is 71.2 Å². The SMILES string of the molecule is Cc1cccc(N(C)C(=O)c2sc(NC(C)C)nc2N)c1. The molecule has 0 bridgehead atoms. The van der Waals surface area contributed by atoms with Gasteiger partial charge in [-0.3, -0.25) is 4.79 Å². The molecular formula is C15H20N4OS. The average molecular weight is 304 g/mol. The van der Waals surface area contributed by atoms with Crippen molar-refractivity contribution in [2.75, 3.05) is 23.0 Å². The minimum Gasteiger partial charge on any atom is -0.382 e. The number of carbonyl (C=O) groups excluding carboxylic acids is 1. The Bertz CT molecular complexity index is 651. The van der Waals surface area contributed by atoms with Crippen molar-refractivity contribution < 1.29 is 4.79 Å². The van der Waals surface area contributed by atoms with Crippen LogP contribution in [0, 0.1) is 6.92 Å². The van der Waals surface area contributed by atoms with E-state index in [0.717, 1.165) is 11.3 Å². The van der Waals surface area contributed by atoms with E-state index in [1.165, 1.54) is 11.3 Å². The van der Waals surface area contributed by atoms with Gasteiger partial charge >= 0.3 is 0 Å². The quantitative estimate of drug-likeness (QED) is 0.910. The van der Waals surface area contributed by atoms with Gasteiger partial charge in [-0.25, -0.2) is 4.98 Å². The van der Waals surface area contributed by atoms with Gasteiger partial charge in [0.15, 0.2) is 5.13 Å². The molecule has 0 saturated heterocycles. The average Bonchev–Trinajstić information content (AvgIpc) is 2.77. The van der Waals surface area contributed by atoms with Crippen molar-refractivity contribution in [3.8, 4) is 0 Å². The number of hydrogen-bond donors (Lipinski definition) is 2. The van der Waals surface area contributed by atoms with E-state index in [2.05, 4.69) is 10.3 Å². The first-order valence-corrected chi connectivity index (χ1v) is 7.57. The lowest BCUT2D eigenvalue weighted by Gasteiger charge is -2.17. The number of aromatic nitrogens is 1. The van der Waals surface area contributed by atoms with E-state index in [0.29, 0.717) is 10.0 Å². The van der Waals surface area contributed by atoms with E-state index in [-0.39, 0.29) is 17.8 Å². The van der Waals surface area contributed by atoms with E-state index in [9.17, 15) is 4.79 Å². The zero-order valence-electron chi connectivity index (χ0n) is 12.7. The monoisotopic (exact) mass is 304 g/mol. The Morgan fingerprint density at radius 3 is 2.76 bits per heavy atom. The standard InChI is InChI=1S/C15H20N4OS/c1-9(2)17-15-18-13(16)12(21-15)14(20)19(4)11-7-5-6-10(3)8-11/h5-9H,16H2,1-4H3,(H,17,18). The maximum absolute atomic E-state index is 12.6. The molecule has 0 saturated carbocycles. The lowest BCUT2D eigenvalue weighted by molar-refractivity contribution is 0.0997. The van der Waals surface area contributed by atoms with Gasteiger partial charge in [0.25, 0.3) is 5.91 Å². The Kier molecular flexibility index (Phi) is 4.47. The summed E-state index contributed by atoms with van der Waals surface area (Å²) in [6.45, 7) is 6.02. The highest BCUT2D eigenvalue weighted by Gasteiger charge is 2.21. The number of hydrogen-bond acceptors (Lipinski definition) is 5. The van der Waals surface area contributed by atoms with Gasteiger partial charge in [0.05, 0.1) is 0 Å². The summed E-state index contributed by atoms with van der Waals surface area (Å²) in [7, 11) is 1.74. The molecule has 2 aromatic rings. The summed E-state index contributed by atoms with van der Waals surface area (Å²) >= 11 is 1.28. The number of rotatable bonds is 4. The Labute approximate surface area is 128 Å². The third kappa shape index (κ3) is 3.52. The summed E-state index contributed by atoms with van der Waals surface area (Å²) < 4.78 is 0. The first-order chi connectivity index (χ1) is 9.88. The normalized spacial score (nSPS) is 10.7. The first kappa shape index (κ1) is 15.3. The summed E-state index contributed by atoms with van der Waals surface area (Å²) in [5.41, 5.74) is 7.82. The van der Waals surface area contributed by atoms with Gasteiger partial charge < -0.3 is 16.0 Å². The van der Waals surface area contributed by atoms with Crippen LogP contribution in [0.15, 0.2) is 24.3 Å². The van der Waals surface area contributed by atoms with Crippen LogP contribution in [0.4, 0.5) is 16.6 Å². The fraction of sp³-hybridized carbons (Fsp3) is 0.333. The van der Waals surface area contributed by atoms with Gasteiger partial charge in [-0.05, 0) is 38.5 Å². The minimum absolute atomic E-state index is 0.146. The summed E-state index contributed by atoms with van der Waals surface area (Å²) in [6.07, 6.45) is 0. The second-order valence-electron chi connectivity index (χ2n) is 5.24. The van der Waals surface area contributed by atoms with Crippen molar-refractivity contribution in [3.63, 3.8) is 0 Å². The number of aryl methyl sites for hydroxylation is 1. The van der Waals surface area contributed by atoms with E-state index >= 15 is 0 Å². The van der Waals surface area contributed by atoms with E-state index in [4.69, 9.17) is 5.73 Å². The smallest absolute Gasteiger partial charge is 0.272 e. The van der Waals surface area contributed by atoms with Crippen LogP contribution in [-0.4, -0.2) is 24.0 Å². The van der Waals surface area contributed by atoms with Crippen molar-refractivity contribution in [3.05, 3.63) is 34.7 Å². The molecule has 1 heterocycles. The van der Waals surface area contributed by atoms with Crippen molar-refractivity contribution in [2.45, 2.75) is 26.8 Å². The lowest BCUT2D eigenvalue weighted by Crippen LogP contribution is -2.26. The summed E-state index contributed by atoms with van der Waals surface area (Å²) in [6, 6.07) is 8.02. The molecule has 0 aliphatic rings. The Morgan fingerprint density at radius 1 is 1.43 bits per heavy atom. The van der Waals surface area contributed by atoms with Crippen molar-refractivity contribution in [1.82, 2.24) is 4.98 Å². The van der Waals surface area contributed by atoms with Crippen LogP contribution in [0.1, 0.15) is 29.1 Å². The van der Waals surface area contributed by atoms with Gasteiger partial charge in [-0.1, -0.05) is 23.5 Å². The molecule has 5 nitrogen and oxygen atoms in total. The molecule has 0 atom stereocenters. The van der Waals surface area contributed by atoms with Crippen LogP contribution < -0.4 is 16.0 Å². The molecule has 1 aromatic carbocycles. The predicted molar refractivity (Wildman–Crippen MR) is 89.2 cm³/mol. The highest BCUT2D eigenvalue weighted by Crippen LogP contribution is 2.28. The number of nitrogens with two attached hydrogens (primary N) is 1. The minimum atomic E-state index is -0.146. The zero-order chi connectivity index (χ0) is 15.6. The van der Waals surface area contributed by atoms with Crippen LogP contribution in [0.5, 0.6) is 0 Å². The molecule has 0 aliphatic heterocycles. The number of benzene rings is 1. The number of nitrogens with one attached hydrogen (secondary N) is 1. The molecule has 21 heavy (non-hydrogen) atoms. The highest BCUT2D eigenvalue weighted by molar-refractivity contribution is 7.18. The fourth-order valence-corrected chi connectivity index (χ4v) is 2.91. The number of carbonyl (C=O) groups is 1. The summed E-state index contributed by atoms with van der Waals surface area (Å²) in [4.78, 5) is 18.8. The second kappa shape index (κ2) is 6.13. The van der Waals surface area contributed by atoms with E-state index in [1.807, 2.05) is 45.0 Å².